The summed E-state index contributed by atoms with van der Waals surface area (Å²) in [5.74, 6) is 0.715. The minimum absolute atomic E-state index is 0.110. The lowest BCUT2D eigenvalue weighted by Gasteiger charge is -2.26. The summed E-state index contributed by atoms with van der Waals surface area (Å²) < 4.78 is 5.25. The number of nitrogens with zero attached hydrogens (tertiary/aromatic N) is 1. The van der Waals surface area contributed by atoms with Crippen LogP contribution in [-0.2, 0) is 6.54 Å². The van der Waals surface area contributed by atoms with E-state index in [1.54, 1.807) is 7.11 Å². The first-order chi connectivity index (χ1) is 14.5. The number of anilines is 1. The molecular weight excluding hydrogens is 396 g/mol. The van der Waals surface area contributed by atoms with E-state index in [1.165, 1.54) is 4.90 Å². The summed E-state index contributed by atoms with van der Waals surface area (Å²) in [4.78, 5) is 19.2. The van der Waals surface area contributed by atoms with Gasteiger partial charge in [-0.25, -0.2) is 0 Å². The Hall–Kier alpha value is -2.90. The van der Waals surface area contributed by atoms with Crippen LogP contribution in [0.2, 0.25) is 0 Å². The Morgan fingerprint density at radius 3 is 2.63 bits per heavy atom. The molecule has 0 bridgehead atoms. The number of para-hydroxylation sites is 1. The molecule has 30 heavy (non-hydrogen) atoms. The third-order valence-electron chi connectivity index (χ3n) is 4.91. The number of quaternary nitrogens is 1. The second-order valence-electron chi connectivity index (χ2n) is 7.61. The minimum Gasteiger partial charge on any atom is -0.497 e. The van der Waals surface area contributed by atoms with Crippen LogP contribution in [0.3, 0.4) is 0 Å². The second-order valence-corrected chi connectivity index (χ2v) is 7.99. The van der Waals surface area contributed by atoms with Gasteiger partial charge in [0.2, 0.25) is 0 Å². The number of aromatic nitrogens is 1. The Morgan fingerprint density at radius 2 is 1.93 bits per heavy atom. The first-order valence-electron chi connectivity index (χ1n) is 10.1. The van der Waals surface area contributed by atoms with Gasteiger partial charge in [0.05, 0.1) is 39.8 Å². The number of rotatable bonds is 8. The standard InChI is InChI=1S/C23H28N4O2S/c1-26(2)12-7-13-27(23(30)24-19-8-5-4-6-9-19)16-18-14-17-10-11-20(29-3)15-21(17)25-22(18)28/h4-6,8-11,14-15H,7,12-13,16H2,1-3H3,(H,24,30)(H,25,28)/p+1. The van der Waals surface area contributed by atoms with E-state index in [0.29, 0.717) is 23.0 Å². The maximum Gasteiger partial charge on any atom is 0.253 e. The van der Waals surface area contributed by atoms with Crippen molar-refractivity contribution in [3.8, 4) is 5.75 Å². The summed E-state index contributed by atoms with van der Waals surface area (Å²) in [7, 11) is 5.88. The summed E-state index contributed by atoms with van der Waals surface area (Å²) in [5, 5.41) is 4.87. The molecule has 3 rings (SSSR count). The van der Waals surface area contributed by atoms with Gasteiger partial charge in [-0.15, -0.1) is 0 Å². The summed E-state index contributed by atoms with van der Waals surface area (Å²) in [6.45, 7) is 2.24. The van der Waals surface area contributed by atoms with E-state index in [-0.39, 0.29) is 5.56 Å². The van der Waals surface area contributed by atoms with E-state index in [2.05, 4.69) is 29.3 Å². The van der Waals surface area contributed by atoms with Crippen molar-refractivity contribution in [1.82, 2.24) is 9.88 Å². The first-order valence-corrected chi connectivity index (χ1v) is 10.5. The van der Waals surface area contributed by atoms with Gasteiger partial charge in [-0.2, -0.15) is 0 Å². The van der Waals surface area contributed by atoms with Crippen molar-refractivity contribution in [3.63, 3.8) is 0 Å². The molecule has 7 heteroatoms. The van der Waals surface area contributed by atoms with E-state index in [4.69, 9.17) is 17.0 Å². The van der Waals surface area contributed by atoms with Gasteiger partial charge in [-0.1, -0.05) is 18.2 Å². The Labute approximate surface area is 182 Å². The van der Waals surface area contributed by atoms with Gasteiger partial charge in [-0.05, 0) is 47.9 Å². The predicted octanol–water partition coefficient (Wildman–Crippen LogP) is 2.27. The monoisotopic (exact) mass is 425 g/mol. The van der Waals surface area contributed by atoms with Crippen LogP contribution >= 0.6 is 12.2 Å². The Kier molecular flexibility index (Phi) is 7.43. The van der Waals surface area contributed by atoms with Gasteiger partial charge >= 0.3 is 0 Å². The van der Waals surface area contributed by atoms with Crippen molar-refractivity contribution in [2.24, 2.45) is 0 Å². The molecule has 0 aliphatic carbocycles. The molecule has 1 heterocycles. The van der Waals surface area contributed by atoms with Gasteiger partial charge in [-0.3, -0.25) is 4.79 Å². The highest BCUT2D eigenvalue weighted by molar-refractivity contribution is 7.80. The molecule has 0 saturated carbocycles. The smallest absolute Gasteiger partial charge is 0.253 e. The molecule has 0 aliphatic heterocycles. The lowest BCUT2D eigenvalue weighted by molar-refractivity contribution is -0.858. The highest BCUT2D eigenvalue weighted by Crippen LogP contribution is 2.19. The molecule has 0 amide bonds. The molecule has 3 aromatic rings. The summed E-state index contributed by atoms with van der Waals surface area (Å²) in [6, 6.07) is 17.5. The topological polar surface area (TPSA) is 61.8 Å². The number of benzene rings is 2. The number of methoxy groups -OCH3 is 1. The van der Waals surface area contributed by atoms with Crippen LogP contribution in [0.5, 0.6) is 5.75 Å². The van der Waals surface area contributed by atoms with Crippen molar-refractivity contribution < 1.29 is 9.64 Å². The number of hydrogen-bond acceptors (Lipinski definition) is 3. The summed E-state index contributed by atoms with van der Waals surface area (Å²) in [6.07, 6.45) is 0.974. The number of H-pyrrole nitrogens is 1. The van der Waals surface area contributed by atoms with Crippen molar-refractivity contribution in [1.29, 1.82) is 0 Å². The third-order valence-corrected chi connectivity index (χ3v) is 5.27. The van der Waals surface area contributed by atoms with Crippen LogP contribution in [0.25, 0.3) is 10.9 Å². The zero-order valence-corrected chi connectivity index (χ0v) is 18.5. The van der Waals surface area contributed by atoms with Crippen molar-refractivity contribution >= 4 is 33.9 Å². The third kappa shape index (κ3) is 5.81. The van der Waals surface area contributed by atoms with E-state index in [0.717, 1.165) is 36.1 Å². The largest absolute Gasteiger partial charge is 0.497 e. The average Bonchev–Trinajstić information content (AvgIpc) is 2.73. The van der Waals surface area contributed by atoms with Gasteiger partial charge < -0.3 is 24.8 Å². The molecule has 3 N–H and O–H groups in total. The SMILES string of the molecule is COc1ccc2cc(CN(CCC[NH+](C)C)C(=S)Nc3ccccc3)c(=O)[nH]c2c1. The second kappa shape index (κ2) is 10.2. The lowest BCUT2D eigenvalue weighted by atomic mass is 10.1. The highest BCUT2D eigenvalue weighted by atomic mass is 32.1. The Bertz CT molecular complexity index is 1050. The molecular formula is C23H29N4O2S+. The molecule has 0 unspecified atom stereocenters. The highest BCUT2D eigenvalue weighted by Gasteiger charge is 2.14. The normalized spacial score (nSPS) is 10.9. The van der Waals surface area contributed by atoms with Crippen molar-refractivity contribution in [2.45, 2.75) is 13.0 Å². The molecule has 0 spiro atoms. The number of thiocarbonyl (C=S) groups is 1. The Morgan fingerprint density at radius 1 is 1.17 bits per heavy atom. The molecule has 158 valence electrons. The van der Waals surface area contributed by atoms with Crippen LogP contribution in [0, 0.1) is 0 Å². The summed E-state index contributed by atoms with van der Waals surface area (Å²) >= 11 is 5.69. The number of ether oxygens (including phenoxy) is 1. The maximum absolute atomic E-state index is 12.7. The number of pyridine rings is 1. The van der Waals surface area contributed by atoms with E-state index in [1.807, 2.05) is 54.6 Å². The van der Waals surface area contributed by atoms with Crippen LogP contribution in [-0.4, -0.2) is 49.3 Å². The molecule has 0 atom stereocenters. The maximum atomic E-state index is 12.7. The zero-order valence-electron chi connectivity index (χ0n) is 17.7. The van der Waals surface area contributed by atoms with E-state index >= 15 is 0 Å². The van der Waals surface area contributed by atoms with E-state index in [9.17, 15) is 4.79 Å². The zero-order chi connectivity index (χ0) is 21.5. The quantitative estimate of drug-likeness (QED) is 0.484. The first kappa shape index (κ1) is 21.8. The van der Waals surface area contributed by atoms with E-state index < -0.39 is 0 Å². The fourth-order valence-electron chi connectivity index (χ4n) is 3.28. The number of nitrogens with one attached hydrogen (secondary N) is 3. The molecule has 0 fully saturated rings. The fourth-order valence-corrected chi connectivity index (χ4v) is 3.55. The van der Waals surface area contributed by atoms with Gasteiger partial charge in [0, 0.05) is 30.3 Å². The Balaban J connectivity index is 1.83. The van der Waals surface area contributed by atoms with Crippen molar-refractivity contribution in [2.75, 3.05) is 39.6 Å². The van der Waals surface area contributed by atoms with Gasteiger partial charge in [0.25, 0.3) is 5.56 Å². The molecule has 0 aliphatic rings. The molecule has 1 aromatic heterocycles. The van der Waals surface area contributed by atoms with Crippen LogP contribution < -0.4 is 20.5 Å². The number of hydrogen-bond donors (Lipinski definition) is 3. The molecule has 0 saturated heterocycles. The summed E-state index contributed by atoms with van der Waals surface area (Å²) in [5.41, 5.74) is 2.27. The predicted molar refractivity (Wildman–Crippen MR) is 126 cm³/mol. The van der Waals surface area contributed by atoms with Crippen molar-refractivity contribution in [3.05, 3.63) is 70.5 Å². The fraction of sp³-hybridized carbons (Fsp3) is 0.304. The molecule has 0 radical (unpaired) electrons. The average molecular weight is 426 g/mol. The van der Waals surface area contributed by atoms with Crippen LogP contribution in [0.15, 0.2) is 59.4 Å². The minimum atomic E-state index is -0.110. The molecule has 2 aromatic carbocycles. The van der Waals surface area contributed by atoms with Gasteiger partial charge in [0.1, 0.15) is 5.75 Å². The number of aromatic amines is 1. The van der Waals surface area contributed by atoms with Crippen LogP contribution in [0.1, 0.15) is 12.0 Å². The lowest BCUT2D eigenvalue weighted by Crippen LogP contribution is -3.05. The molecule has 6 nitrogen and oxygen atoms in total. The number of fused-ring (bicyclic) bond motifs is 1. The van der Waals surface area contributed by atoms with Crippen LogP contribution in [0.4, 0.5) is 5.69 Å². The van der Waals surface area contributed by atoms with Gasteiger partial charge in [0.15, 0.2) is 5.11 Å².